The molecule has 3 rings (SSSR count). The van der Waals surface area contributed by atoms with Crippen LogP contribution in [0.1, 0.15) is 19.8 Å². The number of ether oxygens (including phenoxy) is 2. The molecule has 1 saturated heterocycles. The SMILES string of the molecule is CCCC1(COc2ccc(N3C(=O)C=CC3=O)cc2)COC1. The van der Waals surface area contributed by atoms with Gasteiger partial charge in [0, 0.05) is 12.2 Å². The lowest BCUT2D eigenvalue weighted by molar-refractivity contribution is -0.136. The first-order valence-corrected chi connectivity index (χ1v) is 7.50. The molecule has 22 heavy (non-hydrogen) atoms. The molecular formula is C17H19NO4. The monoisotopic (exact) mass is 301 g/mol. The summed E-state index contributed by atoms with van der Waals surface area (Å²) in [6.45, 7) is 4.29. The molecule has 0 radical (unpaired) electrons. The van der Waals surface area contributed by atoms with E-state index in [0.29, 0.717) is 12.3 Å². The lowest BCUT2D eigenvalue weighted by Crippen LogP contribution is -2.47. The van der Waals surface area contributed by atoms with Crippen molar-refractivity contribution in [1.29, 1.82) is 0 Å². The molecule has 0 unspecified atom stereocenters. The molecule has 2 aliphatic heterocycles. The zero-order valence-electron chi connectivity index (χ0n) is 12.6. The average molecular weight is 301 g/mol. The van der Waals surface area contributed by atoms with E-state index in [1.165, 1.54) is 12.2 Å². The molecule has 0 aliphatic carbocycles. The number of carbonyl (C=O) groups excluding carboxylic acids is 2. The fraction of sp³-hybridized carbons (Fsp3) is 0.412. The van der Waals surface area contributed by atoms with Crippen LogP contribution in [0.25, 0.3) is 0 Å². The van der Waals surface area contributed by atoms with Gasteiger partial charge in [0.15, 0.2) is 0 Å². The first-order valence-electron chi connectivity index (χ1n) is 7.50. The van der Waals surface area contributed by atoms with Crippen molar-refractivity contribution < 1.29 is 19.1 Å². The van der Waals surface area contributed by atoms with Crippen LogP contribution in [0.3, 0.4) is 0 Å². The van der Waals surface area contributed by atoms with E-state index in [1.54, 1.807) is 24.3 Å². The minimum Gasteiger partial charge on any atom is -0.493 e. The number of imide groups is 1. The fourth-order valence-corrected chi connectivity index (χ4v) is 2.80. The van der Waals surface area contributed by atoms with E-state index >= 15 is 0 Å². The van der Waals surface area contributed by atoms with E-state index in [4.69, 9.17) is 9.47 Å². The zero-order chi connectivity index (χ0) is 15.6. The molecule has 2 amide bonds. The lowest BCUT2D eigenvalue weighted by atomic mass is 9.82. The minimum atomic E-state index is -0.313. The molecular weight excluding hydrogens is 282 g/mol. The smallest absolute Gasteiger partial charge is 0.258 e. The summed E-state index contributed by atoms with van der Waals surface area (Å²) in [7, 11) is 0. The van der Waals surface area contributed by atoms with E-state index in [1.807, 2.05) is 0 Å². The minimum absolute atomic E-state index is 0.137. The van der Waals surface area contributed by atoms with Crippen molar-refractivity contribution in [2.45, 2.75) is 19.8 Å². The van der Waals surface area contributed by atoms with Crippen molar-refractivity contribution in [3.63, 3.8) is 0 Å². The summed E-state index contributed by atoms with van der Waals surface area (Å²) in [6.07, 6.45) is 4.75. The number of hydrogen-bond acceptors (Lipinski definition) is 4. The lowest BCUT2D eigenvalue weighted by Gasteiger charge is -2.41. The quantitative estimate of drug-likeness (QED) is 0.757. The first kappa shape index (κ1) is 14.8. The van der Waals surface area contributed by atoms with Crippen LogP contribution >= 0.6 is 0 Å². The largest absolute Gasteiger partial charge is 0.493 e. The highest BCUT2D eigenvalue weighted by Gasteiger charge is 2.38. The van der Waals surface area contributed by atoms with Gasteiger partial charge in [-0.25, -0.2) is 4.90 Å². The van der Waals surface area contributed by atoms with Crippen molar-refractivity contribution >= 4 is 17.5 Å². The Morgan fingerprint density at radius 3 is 2.27 bits per heavy atom. The fourth-order valence-electron chi connectivity index (χ4n) is 2.80. The molecule has 1 fully saturated rings. The van der Waals surface area contributed by atoms with Gasteiger partial charge >= 0.3 is 0 Å². The number of rotatable bonds is 6. The maximum absolute atomic E-state index is 11.6. The Morgan fingerprint density at radius 1 is 1.14 bits per heavy atom. The number of carbonyl (C=O) groups is 2. The van der Waals surface area contributed by atoms with Crippen LogP contribution in [0.2, 0.25) is 0 Å². The van der Waals surface area contributed by atoms with Crippen LogP contribution in [-0.2, 0) is 14.3 Å². The summed E-state index contributed by atoms with van der Waals surface area (Å²) in [6, 6.07) is 7.02. The normalized spacial score (nSPS) is 19.4. The molecule has 0 spiro atoms. The third-order valence-electron chi connectivity index (χ3n) is 4.05. The van der Waals surface area contributed by atoms with Gasteiger partial charge in [0.1, 0.15) is 5.75 Å². The molecule has 0 N–H and O–H groups in total. The van der Waals surface area contributed by atoms with Crippen LogP contribution < -0.4 is 9.64 Å². The molecule has 0 saturated carbocycles. The molecule has 0 bridgehead atoms. The Kier molecular flexibility index (Phi) is 3.98. The number of benzene rings is 1. The van der Waals surface area contributed by atoms with Crippen molar-refractivity contribution in [3.05, 3.63) is 36.4 Å². The maximum Gasteiger partial charge on any atom is 0.258 e. The highest BCUT2D eigenvalue weighted by atomic mass is 16.5. The number of nitrogens with zero attached hydrogens (tertiary/aromatic N) is 1. The van der Waals surface area contributed by atoms with Gasteiger partial charge in [0.25, 0.3) is 11.8 Å². The average Bonchev–Trinajstić information content (AvgIpc) is 2.82. The molecule has 2 heterocycles. The van der Waals surface area contributed by atoms with E-state index in [0.717, 1.165) is 36.7 Å². The Bertz CT molecular complexity index is 584. The standard InChI is InChI=1S/C17H19NO4/c1-2-9-17(10-21-11-17)12-22-14-5-3-13(4-6-14)18-15(19)7-8-16(18)20/h3-8H,2,9-12H2,1H3. The summed E-state index contributed by atoms with van der Waals surface area (Å²) in [5.41, 5.74) is 0.695. The van der Waals surface area contributed by atoms with E-state index in [-0.39, 0.29) is 17.2 Å². The highest BCUT2D eigenvalue weighted by molar-refractivity contribution is 6.28. The molecule has 1 aromatic rings. The first-order chi connectivity index (χ1) is 10.6. The predicted molar refractivity (Wildman–Crippen MR) is 81.7 cm³/mol. The van der Waals surface area contributed by atoms with Gasteiger partial charge in [-0.15, -0.1) is 0 Å². The van der Waals surface area contributed by atoms with Gasteiger partial charge in [-0.3, -0.25) is 9.59 Å². The van der Waals surface area contributed by atoms with Gasteiger partial charge < -0.3 is 9.47 Å². The van der Waals surface area contributed by atoms with Crippen LogP contribution in [0.5, 0.6) is 5.75 Å². The summed E-state index contributed by atoms with van der Waals surface area (Å²) in [5, 5.41) is 0. The van der Waals surface area contributed by atoms with Gasteiger partial charge in [-0.05, 0) is 30.7 Å². The topological polar surface area (TPSA) is 55.8 Å². The number of amides is 2. The van der Waals surface area contributed by atoms with Crippen molar-refractivity contribution in [3.8, 4) is 5.75 Å². The van der Waals surface area contributed by atoms with Gasteiger partial charge in [0.2, 0.25) is 0 Å². The van der Waals surface area contributed by atoms with E-state index < -0.39 is 0 Å². The summed E-state index contributed by atoms with van der Waals surface area (Å²) in [5.74, 6) is 0.109. The van der Waals surface area contributed by atoms with Crippen LogP contribution in [0, 0.1) is 5.41 Å². The molecule has 1 aromatic carbocycles. The maximum atomic E-state index is 11.6. The van der Waals surface area contributed by atoms with Crippen LogP contribution in [0.15, 0.2) is 36.4 Å². The van der Waals surface area contributed by atoms with Crippen molar-refractivity contribution in [2.24, 2.45) is 5.41 Å². The Balaban J connectivity index is 1.62. The molecule has 116 valence electrons. The van der Waals surface area contributed by atoms with E-state index in [9.17, 15) is 9.59 Å². The van der Waals surface area contributed by atoms with Crippen molar-refractivity contribution in [1.82, 2.24) is 0 Å². The molecule has 5 heteroatoms. The summed E-state index contributed by atoms with van der Waals surface area (Å²) >= 11 is 0. The molecule has 0 aromatic heterocycles. The van der Waals surface area contributed by atoms with Gasteiger partial charge in [0.05, 0.1) is 30.9 Å². The van der Waals surface area contributed by atoms with E-state index in [2.05, 4.69) is 6.92 Å². The number of hydrogen-bond donors (Lipinski definition) is 0. The van der Waals surface area contributed by atoms with Gasteiger partial charge in [-0.1, -0.05) is 13.3 Å². The molecule has 5 nitrogen and oxygen atoms in total. The summed E-state index contributed by atoms with van der Waals surface area (Å²) < 4.78 is 11.2. The second-order valence-corrected chi connectivity index (χ2v) is 5.87. The third kappa shape index (κ3) is 2.76. The predicted octanol–water partition coefficient (Wildman–Crippen LogP) is 2.31. The third-order valence-corrected chi connectivity index (χ3v) is 4.05. The van der Waals surface area contributed by atoms with Crippen LogP contribution in [-0.4, -0.2) is 31.6 Å². The van der Waals surface area contributed by atoms with Crippen LogP contribution in [0.4, 0.5) is 5.69 Å². The second-order valence-electron chi connectivity index (χ2n) is 5.87. The van der Waals surface area contributed by atoms with Gasteiger partial charge in [-0.2, -0.15) is 0 Å². The molecule has 0 atom stereocenters. The summed E-state index contributed by atoms with van der Waals surface area (Å²) in [4.78, 5) is 24.4. The zero-order valence-corrected chi connectivity index (χ0v) is 12.6. The van der Waals surface area contributed by atoms with Crippen molar-refractivity contribution in [2.75, 3.05) is 24.7 Å². The second kappa shape index (κ2) is 5.93. The Labute approximate surface area is 129 Å². The highest BCUT2D eigenvalue weighted by Crippen LogP contribution is 2.33. The Morgan fingerprint density at radius 2 is 1.77 bits per heavy atom. The number of anilines is 1. The molecule has 2 aliphatic rings. The Hall–Kier alpha value is -2.14.